The first-order valence-corrected chi connectivity index (χ1v) is 16.9. The van der Waals surface area contributed by atoms with Crippen LogP contribution in [0.2, 0.25) is 0 Å². The number of benzene rings is 1. The largest absolute Gasteiger partial charge is 0.481 e. The number of primary amides is 2. The lowest BCUT2D eigenvalue weighted by atomic mass is 10.0. The normalized spacial score (nSPS) is 19.1. The average molecular weight is 731 g/mol. The Balaban J connectivity index is 1.77. The van der Waals surface area contributed by atoms with E-state index in [1.807, 2.05) is 0 Å². The van der Waals surface area contributed by atoms with E-state index in [0.29, 0.717) is 18.4 Å². The van der Waals surface area contributed by atoms with Crippen molar-refractivity contribution in [3.05, 3.63) is 35.9 Å². The summed E-state index contributed by atoms with van der Waals surface area (Å²) in [6.07, 6.45) is -1.01. The van der Waals surface area contributed by atoms with E-state index in [4.69, 9.17) is 17.2 Å². The summed E-state index contributed by atoms with van der Waals surface area (Å²) in [6.45, 7) is 0.196. The van der Waals surface area contributed by atoms with Gasteiger partial charge >= 0.3 is 11.9 Å². The minimum Gasteiger partial charge on any atom is -0.481 e. The molecule has 0 saturated carbocycles. The molecule has 1 aromatic rings. The Kier molecular flexibility index (Phi) is 15.0. The van der Waals surface area contributed by atoms with Gasteiger partial charge < -0.3 is 53.2 Å². The number of hydrogen-bond donors (Lipinski definition) is 8. The molecule has 0 aliphatic carbocycles. The average Bonchev–Trinajstić information content (AvgIpc) is 3.78. The Hall–Kier alpha value is -5.59. The number of nitrogens with zero attached hydrogens (tertiary/aromatic N) is 2. The first kappa shape index (κ1) is 40.8. The zero-order chi connectivity index (χ0) is 38.5. The molecule has 6 atom stereocenters. The molecule has 19 nitrogen and oxygen atoms in total. The van der Waals surface area contributed by atoms with Crippen molar-refractivity contribution in [2.45, 2.75) is 100 Å². The Labute approximate surface area is 299 Å². The van der Waals surface area contributed by atoms with E-state index < -0.39 is 109 Å². The summed E-state index contributed by atoms with van der Waals surface area (Å²) in [5.41, 5.74) is 16.9. The minimum atomic E-state index is -1.52. The van der Waals surface area contributed by atoms with Crippen molar-refractivity contribution in [2.75, 3.05) is 13.1 Å². The van der Waals surface area contributed by atoms with Crippen LogP contribution in [0.1, 0.15) is 63.4 Å². The number of carboxylic acids is 2. The number of nitrogens with one attached hydrogen (secondary N) is 3. The van der Waals surface area contributed by atoms with Gasteiger partial charge in [0, 0.05) is 32.4 Å². The number of carboxylic acid groups (broad SMARTS) is 2. The lowest BCUT2D eigenvalue weighted by Gasteiger charge is -2.31. The molecule has 0 bridgehead atoms. The third kappa shape index (κ3) is 11.7. The van der Waals surface area contributed by atoms with Crippen molar-refractivity contribution >= 4 is 53.3 Å². The van der Waals surface area contributed by atoms with E-state index in [0.717, 1.165) is 4.90 Å². The van der Waals surface area contributed by atoms with Gasteiger partial charge in [-0.3, -0.25) is 38.4 Å². The predicted octanol–water partition coefficient (Wildman–Crippen LogP) is -2.92. The molecule has 11 N–H and O–H groups in total. The van der Waals surface area contributed by atoms with E-state index in [2.05, 4.69) is 16.0 Å². The summed E-state index contributed by atoms with van der Waals surface area (Å²) in [4.78, 5) is 116. The number of rotatable bonds is 19. The molecule has 52 heavy (non-hydrogen) atoms. The molecule has 1 aromatic carbocycles. The molecule has 19 heteroatoms. The zero-order valence-corrected chi connectivity index (χ0v) is 28.5. The van der Waals surface area contributed by atoms with Gasteiger partial charge in [0.15, 0.2) is 0 Å². The van der Waals surface area contributed by atoms with Crippen LogP contribution in [0.25, 0.3) is 0 Å². The van der Waals surface area contributed by atoms with E-state index >= 15 is 0 Å². The monoisotopic (exact) mass is 730 g/mol. The van der Waals surface area contributed by atoms with Gasteiger partial charge in [-0.25, -0.2) is 4.79 Å². The number of nitrogens with two attached hydrogens (primary N) is 3. The Morgan fingerprint density at radius 3 is 1.77 bits per heavy atom. The van der Waals surface area contributed by atoms with Gasteiger partial charge in [0.1, 0.15) is 30.2 Å². The minimum absolute atomic E-state index is 0.0176. The molecule has 7 amide bonds. The van der Waals surface area contributed by atoms with Gasteiger partial charge in [-0.15, -0.1) is 0 Å². The van der Waals surface area contributed by atoms with Crippen LogP contribution in [-0.2, 0) is 49.6 Å². The molecular formula is C33H46N8O11. The molecule has 3 rings (SSSR count). The molecule has 0 spiro atoms. The molecule has 2 heterocycles. The summed E-state index contributed by atoms with van der Waals surface area (Å²) in [5.74, 6) is -8.19. The Bertz CT molecular complexity index is 1520. The highest BCUT2D eigenvalue weighted by atomic mass is 16.4. The Morgan fingerprint density at radius 2 is 1.25 bits per heavy atom. The molecule has 2 aliphatic heterocycles. The predicted molar refractivity (Wildman–Crippen MR) is 180 cm³/mol. The maximum absolute atomic E-state index is 13.9. The SMILES string of the molecule is NC(=O)CC[C@H](NC(=O)[C@H](CCC(=O)O)NC(=O)[C@@H]1CCCN1C(=O)[C@@H](N)CC(N)=O)C(=O)N1CCC[C@H]1C(=O)N[C@@H](Cc1ccccc1)C(=O)O. The van der Waals surface area contributed by atoms with E-state index in [1.165, 1.54) is 4.90 Å². The van der Waals surface area contributed by atoms with Crippen molar-refractivity contribution in [3.8, 4) is 0 Å². The number of amides is 7. The van der Waals surface area contributed by atoms with E-state index in [9.17, 15) is 53.4 Å². The quantitative estimate of drug-likeness (QED) is 0.0710. The summed E-state index contributed by atoms with van der Waals surface area (Å²) in [6, 6.07) is 0.839. The van der Waals surface area contributed by atoms with Gasteiger partial charge in [0.2, 0.25) is 41.4 Å². The smallest absolute Gasteiger partial charge is 0.326 e. The highest BCUT2D eigenvalue weighted by Gasteiger charge is 2.41. The van der Waals surface area contributed by atoms with Crippen molar-refractivity contribution < 1.29 is 53.4 Å². The van der Waals surface area contributed by atoms with E-state index in [1.54, 1.807) is 30.3 Å². The third-order valence-corrected chi connectivity index (χ3v) is 8.89. The lowest BCUT2D eigenvalue weighted by Crippen LogP contribution is -2.59. The molecule has 284 valence electrons. The number of likely N-dealkylation sites (tertiary alicyclic amines) is 2. The number of hydrogen-bond acceptors (Lipinski definition) is 10. The van der Waals surface area contributed by atoms with Gasteiger partial charge in [-0.05, 0) is 44.1 Å². The second kappa shape index (κ2) is 19.1. The third-order valence-electron chi connectivity index (χ3n) is 8.89. The fourth-order valence-corrected chi connectivity index (χ4v) is 6.26. The van der Waals surface area contributed by atoms with Crippen molar-refractivity contribution in [1.82, 2.24) is 25.8 Å². The zero-order valence-electron chi connectivity index (χ0n) is 28.5. The summed E-state index contributed by atoms with van der Waals surface area (Å²) in [5, 5.41) is 26.5. The molecule has 2 aliphatic rings. The second-order valence-electron chi connectivity index (χ2n) is 12.8. The maximum Gasteiger partial charge on any atom is 0.326 e. The summed E-state index contributed by atoms with van der Waals surface area (Å²) >= 11 is 0. The fourth-order valence-electron chi connectivity index (χ4n) is 6.26. The van der Waals surface area contributed by atoms with Crippen molar-refractivity contribution in [1.29, 1.82) is 0 Å². The Morgan fingerprint density at radius 1 is 0.712 bits per heavy atom. The standard InChI is InChI=1S/C33H46N8O11/c34-19(17-26(36)43)31(49)40-14-4-8-23(40)29(47)37-20(11-13-27(44)45)28(46)38-21(10-12-25(35)42)32(50)41-15-5-9-24(41)30(48)39-22(33(51)52)16-18-6-2-1-3-7-18/h1-3,6-7,19-24H,4-5,8-17,34H2,(H2,35,42)(H2,36,43)(H,37,47)(H,38,46)(H,39,48)(H,44,45)(H,51,52)/t19-,20-,21-,22-,23-,24-/m0/s1. The van der Waals surface area contributed by atoms with Gasteiger partial charge in [0.25, 0.3) is 0 Å². The van der Waals surface area contributed by atoms with Gasteiger partial charge in [-0.2, -0.15) is 0 Å². The van der Waals surface area contributed by atoms with Crippen LogP contribution in [-0.4, -0.2) is 123 Å². The van der Waals surface area contributed by atoms with Crippen molar-refractivity contribution in [3.63, 3.8) is 0 Å². The van der Waals surface area contributed by atoms with Crippen LogP contribution >= 0.6 is 0 Å². The summed E-state index contributed by atoms with van der Waals surface area (Å²) < 4.78 is 0. The second-order valence-corrected chi connectivity index (χ2v) is 12.8. The molecule has 2 fully saturated rings. The van der Waals surface area contributed by atoms with Crippen LogP contribution < -0.4 is 33.2 Å². The fraction of sp³-hybridized carbons (Fsp3) is 0.545. The number of carbonyl (C=O) groups is 9. The topological polar surface area (TPSA) is 315 Å². The number of carbonyl (C=O) groups excluding carboxylic acids is 7. The van der Waals surface area contributed by atoms with Crippen LogP contribution in [0.15, 0.2) is 30.3 Å². The molecular weight excluding hydrogens is 684 g/mol. The highest BCUT2D eigenvalue weighted by Crippen LogP contribution is 2.22. The lowest BCUT2D eigenvalue weighted by molar-refractivity contribution is -0.145. The van der Waals surface area contributed by atoms with Gasteiger partial charge in [-0.1, -0.05) is 30.3 Å². The van der Waals surface area contributed by atoms with Crippen LogP contribution in [0.4, 0.5) is 0 Å². The van der Waals surface area contributed by atoms with Gasteiger partial charge in [0.05, 0.1) is 12.5 Å². The van der Waals surface area contributed by atoms with Crippen LogP contribution in [0, 0.1) is 0 Å². The van der Waals surface area contributed by atoms with E-state index in [-0.39, 0.29) is 45.2 Å². The van der Waals surface area contributed by atoms with Crippen LogP contribution in [0.3, 0.4) is 0 Å². The maximum atomic E-state index is 13.9. The highest BCUT2D eigenvalue weighted by molar-refractivity contribution is 5.97. The van der Waals surface area contributed by atoms with Crippen molar-refractivity contribution in [2.24, 2.45) is 17.2 Å². The molecule has 0 aromatic heterocycles. The summed E-state index contributed by atoms with van der Waals surface area (Å²) in [7, 11) is 0. The molecule has 0 unspecified atom stereocenters. The first-order chi connectivity index (χ1) is 24.6. The number of aliphatic carboxylic acids is 2. The van der Waals surface area contributed by atoms with Crippen LogP contribution in [0.5, 0.6) is 0 Å². The molecule has 0 radical (unpaired) electrons. The first-order valence-electron chi connectivity index (χ1n) is 16.9. The molecule has 2 saturated heterocycles.